The minimum absolute atomic E-state index is 0.00329. The van der Waals surface area contributed by atoms with Gasteiger partial charge in [-0.05, 0) is 33.1 Å². The third-order valence-electron chi connectivity index (χ3n) is 3.51. The Bertz CT molecular complexity index is 493. The van der Waals surface area contributed by atoms with Crippen LogP contribution in [0.1, 0.15) is 54.7 Å². The van der Waals surface area contributed by atoms with E-state index in [0.717, 1.165) is 19.3 Å². The number of carbonyl (C=O) groups is 2. The number of rotatable bonds is 3. The van der Waals surface area contributed by atoms with E-state index in [0.29, 0.717) is 30.3 Å². The highest BCUT2D eigenvalue weighted by Gasteiger charge is 2.31. The molecule has 1 amide bonds. The number of aromatic nitrogens is 1. The van der Waals surface area contributed by atoms with Gasteiger partial charge in [-0.25, -0.2) is 4.98 Å². The molecule has 1 saturated heterocycles. The maximum absolute atomic E-state index is 12.5. The zero-order valence-electron chi connectivity index (χ0n) is 11.7. The lowest BCUT2D eigenvalue weighted by atomic mass is 9.97. The SMILES string of the molecule is CC(=O)CC1CCCCN1C(=O)c1oc(C)nc1C. The molecule has 19 heavy (non-hydrogen) atoms. The molecule has 1 aliphatic rings. The van der Waals surface area contributed by atoms with Gasteiger partial charge in [0.2, 0.25) is 5.76 Å². The minimum Gasteiger partial charge on any atom is -0.436 e. The van der Waals surface area contributed by atoms with E-state index < -0.39 is 0 Å². The van der Waals surface area contributed by atoms with E-state index in [2.05, 4.69) is 4.98 Å². The molecule has 5 nitrogen and oxygen atoms in total. The summed E-state index contributed by atoms with van der Waals surface area (Å²) < 4.78 is 5.40. The van der Waals surface area contributed by atoms with Crippen LogP contribution in [-0.4, -0.2) is 34.2 Å². The second-order valence-electron chi connectivity index (χ2n) is 5.20. The van der Waals surface area contributed by atoms with Crippen LogP contribution in [0.5, 0.6) is 0 Å². The Morgan fingerprint density at radius 2 is 2.11 bits per heavy atom. The molecule has 0 bridgehead atoms. The number of ketones is 1. The zero-order valence-corrected chi connectivity index (χ0v) is 11.7. The summed E-state index contributed by atoms with van der Waals surface area (Å²) in [6, 6.07) is 0.00329. The molecule has 1 atom stereocenters. The molecule has 0 radical (unpaired) electrons. The van der Waals surface area contributed by atoms with Crippen molar-refractivity contribution >= 4 is 11.7 Å². The number of Topliss-reactive ketones (excluding diaryl/α,β-unsaturated/α-hetero) is 1. The van der Waals surface area contributed by atoms with Gasteiger partial charge in [-0.1, -0.05) is 0 Å². The van der Waals surface area contributed by atoms with Gasteiger partial charge in [0, 0.05) is 25.9 Å². The van der Waals surface area contributed by atoms with Crippen molar-refractivity contribution in [1.29, 1.82) is 0 Å². The average molecular weight is 264 g/mol. The monoisotopic (exact) mass is 264 g/mol. The normalized spacial score (nSPS) is 19.5. The standard InChI is InChI=1S/C14H20N2O3/c1-9(17)8-12-6-4-5-7-16(12)14(18)13-10(2)15-11(3)19-13/h12H,4-8H2,1-3H3. The minimum atomic E-state index is -0.135. The Labute approximate surface area is 113 Å². The van der Waals surface area contributed by atoms with Crippen molar-refractivity contribution < 1.29 is 14.0 Å². The maximum atomic E-state index is 12.5. The first kappa shape index (κ1) is 13.8. The highest BCUT2D eigenvalue weighted by molar-refractivity contribution is 5.93. The number of amides is 1. The first-order chi connectivity index (χ1) is 8.99. The smallest absolute Gasteiger partial charge is 0.291 e. The summed E-state index contributed by atoms with van der Waals surface area (Å²) in [7, 11) is 0. The third kappa shape index (κ3) is 3.03. The summed E-state index contributed by atoms with van der Waals surface area (Å²) in [5, 5.41) is 0. The molecule has 2 rings (SSSR count). The molecule has 5 heteroatoms. The van der Waals surface area contributed by atoms with Crippen molar-refractivity contribution in [1.82, 2.24) is 9.88 Å². The van der Waals surface area contributed by atoms with Crippen molar-refractivity contribution in [3.8, 4) is 0 Å². The van der Waals surface area contributed by atoms with Crippen molar-refractivity contribution in [3.05, 3.63) is 17.3 Å². The molecule has 1 aliphatic heterocycles. The van der Waals surface area contributed by atoms with E-state index in [1.54, 1.807) is 25.7 Å². The van der Waals surface area contributed by atoms with E-state index >= 15 is 0 Å². The molecular weight excluding hydrogens is 244 g/mol. The first-order valence-corrected chi connectivity index (χ1v) is 6.73. The molecule has 1 aromatic heterocycles. The fraction of sp³-hybridized carbons (Fsp3) is 0.643. The summed E-state index contributed by atoms with van der Waals surface area (Å²) in [4.78, 5) is 29.7. The largest absolute Gasteiger partial charge is 0.436 e. The fourth-order valence-corrected chi connectivity index (χ4v) is 2.67. The molecule has 0 N–H and O–H groups in total. The van der Waals surface area contributed by atoms with E-state index in [-0.39, 0.29) is 17.7 Å². The molecule has 0 saturated carbocycles. The Balaban J connectivity index is 2.19. The van der Waals surface area contributed by atoms with Gasteiger partial charge in [-0.15, -0.1) is 0 Å². The first-order valence-electron chi connectivity index (χ1n) is 6.73. The Morgan fingerprint density at radius 3 is 2.68 bits per heavy atom. The highest BCUT2D eigenvalue weighted by atomic mass is 16.4. The molecule has 0 spiro atoms. The van der Waals surface area contributed by atoms with E-state index in [1.807, 2.05) is 0 Å². The topological polar surface area (TPSA) is 63.4 Å². The number of likely N-dealkylation sites (tertiary alicyclic amines) is 1. The Hall–Kier alpha value is -1.65. The lowest BCUT2D eigenvalue weighted by molar-refractivity contribution is -0.118. The van der Waals surface area contributed by atoms with Crippen LogP contribution in [0.4, 0.5) is 0 Å². The van der Waals surface area contributed by atoms with Gasteiger partial charge in [0.15, 0.2) is 5.89 Å². The predicted octanol–water partition coefficient (Wildman–Crippen LogP) is 2.27. The third-order valence-corrected chi connectivity index (χ3v) is 3.51. The molecule has 104 valence electrons. The lowest BCUT2D eigenvalue weighted by Crippen LogP contribution is -2.44. The van der Waals surface area contributed by atoms with Crippen molar-refractivity contribution in [3.63, 3.8) is 0 Å². The molecule has 2 heterocycles. The van der Waals surface area contributed by atoms with Gasteiger partial charge in [0.1, 0.15) is 5.78 Å². The second-order valence-corrected chi connectivity index (χ2v) is 5.20. The number of hydrogen-bond acceptors (Lipinski definition) is 4. The quantitative estimate of drug-likeness (QED) is 0.840. The number of carbonyl (C=O) groups excluding carboxylic acids is 2. The summed E-state index contributed by atoms with van der Waals surface area (Å²) in [5.74, 6) is 0.799. The number of piperidine rings is 1. The maximum Gasteiger partial charge on any atom is 0.291 e. The van der Waals surface area contributed by atoms with Crippen molar-refractivity contribution in [2.45, 2.75) is 52.5 Å². The number of nitrogens with zero attached hydrogens (tertiary/aromatic N) is 2. The van der Waals surface area contributed by atoms with Crippen LogP contribution >= 0.6 is 0 Å². The molecular formula is C14H20N2O3. The molecule has 0 aliphatic carbocycles. The fourth-order valence-electron chi connectivity index (χ4n) is 2.67. The van der Waals surface area contributed by atoms with Crippen LogP contribution in [0, 0.1) is 13.8 Å². The number of aryl methyl sites for hydroxylation is 2. The van der Waals surface area contributed by atoms with Gasteiger partial charge in [-0.3, -0.25) is 9.59 Å². The molecule has 0 aromatic carbocycles. The number of oxazole rings is 1. The van der Waals surface area contributed by atoms with E-state index in [9.17, 15) is 9.59 Å². The summed E-state index contributed by atoms with van der Waals surface area (Å²) in [5.41, 5.74) is 0.620. The Morgan fingerprint density at radius 1 is 1.37 bits per heavy atom. The average Bonchev–Trinajstić information content (AvgIpc) is 2.67. The summed E-state index contributed by atoms with van der Waals surface area (Å²) >= 11 is 0. The van der Waals surface area contributed by atoms with Crippen LogP contribution in [0.2, 0.25) is 0 Å². The lowest BCUT2D eigenvalue weighted by Gasteiger charge is -2.34. The second kappa shape index (κ2) is 5.55. The van der Waals surface area contributed by atoms with Gasteiger partial charge in [0.05, 0.1) is 5.69 Å². The van der Waals surface area contributed by atoms with Crippen LogP contribution < -0.4 is 0 Å². The summed E-state index contributed by atoms with van der Waals surface area (Å²) in [6.07, 6.45) is 3.36. The highest BCUT2D eigenvalue weighted by Crippen LogP contribution is 2.23. The van der Waals surface area contributed by atoms with Gasteiger partial charge in [0.25, 0.3) is 5.91 Å². The van der Waals surface area contributed by atoms with Gasteiger partial charge < -0.3 is 9.32 Å². The van der Waals surface area contributed by atoms with Crippen molar-refractivity contribution in [2.24, 2.45) is 0 Å². The molecule has 1 fully saturated rings. The van der Waals surface area contributed by atoms with Gasteiger partial charge >= 0.3 is 0 Å². The molecule has 1 aromatic rings. The predicted molar refractivity (Wildman–Crippen MR) is 70.0 cm³/mol. The van der Waals surface area contributed by atoms with Crippen LogP contribution in [0.25, 0.3) is 0 Å². The van der Waals surface area contributed by atoms with Crippen LogP contribution in [-0.2, 0) is 4.79 Å². The Kier molecular flexibility index (Phi) is 4.02. The number of hydrogen-bond donors (Lipinski definition) is 0. The van der Waals surface area contributed by atoms with Crippen LogP contribution in [0.3, 0.4) is 0 Å². The summed E-state index contributed by atoms with van der Waals surface area (Å²) in [6.45, 7) is 5.76. The van der Waals surface area contributed by atoms with Gasteiger partial charge in [-0.2, -0.15) is 0 Å². The van der Waals surface area contributed by atoms with Crippen LogP contribution in [0.15, 0.2) is 4.42 Å². The van der Waals surface area contributed by atoms with Crippen molar-refractivity contribution in [2.75, 3.05) is 6.54 Å². The zero-order chi connectivity index (χ0) is 14.0. The van der Waals surface area contributed by atoms with E-state index in [1.165, 1.54) is 0 Å². The molecule has 1 unspecified atom stereocenters. The van der Waals surface area contributed by atoms with E-state index in [4.69, 9.17) is 4.42 Å².